The standard InChI is InChI=1S/C18H19N3O2/c1-14-5-7-16(8-6-14)23-13-18(22)19-10-9-15-12-21-11-3-2-4-17(21)20-15/h2-8,11-12H,9-10,13H2,1H3,(H,19,22). The largest absolute Gasteiger partial charge is 0.484 e. The minimum atomic E-state index is -0.130. The monoisotopic (exact) mass is 309 g/mol. The van der Waals surface area contributed by atoms with Crippen LogP contribution in [0.1, 0.15) is 11.3 Å². The molecule has 0 unspecified atom stereocenters. The lowest BCUT2D eigenvalue weighted by atomic mass is 10.2. The average molecular weight is 309 g/mol. The first-order chi connectivity index (χ1) is 11.2. The summed E-state index contributed by atoms with van der Waals surface area (Å²) >= 11 is 0. The lowest BCUT2D eigenvalue weighted by Crippen LogP contribution is -2.30. The molecule has 3 aromatic rings. The molecule has 23 heavy (non-hydrogen) atoms. The number of ether oxygens (including phenoxy) is 1. The number of nitrogens with one attached hydrogen (secondary N) is 1. The van der Waals surface area contributed by atoms with E-state index in [9.17, 15) is 4.79 Å². The molecule has 0 radical (unpaired) electrons. The van der Waals surface area contributed by atoms with Crippen molar-refractivity contribution in [3.63, 3.8) is 0 Å². The minimum Gasteiger partial charge on any atom is -0.484 e. The van der Waals surface area contributed by atoms with Crippen LogP contribution in [0.25, 0.3) is 5.65 Å². The van der Waals surface area contributed by atoms with Gasteiger partial charge in [-0.2, -0.15) is 0 Å². The van der Waals surface area contributed by atoms with Gasteiger partial charge in [-0.15, -0.1) is 0 Å². The number of hydrogen-bond acceptors (Lipinski definition) is 3. The summed E-state index contributed by atoms with van der Waals surface area (Å²) in [5.74, 6) is 0.570. The molecule has 0 aliphatic heterocycles. The smallest absolute Gasteiger partial charge is 0.257 e. The topological polar surface area (TPSA) is 55.6 Å². The molecule has 3 rings (SSSR count). The highest BCUT2D eigenvalue weighted by Crippen LogP contribution is 2.11. The minimum absolute atomic E-state index is 0.0221. The number of fused-ring (bicyclic) bond motifs is 1. The van der Waals surface area contributed by atoms with Crippen molar-refractivity contribution in [1.29, 1.82) is 0 Å². The Kier molecular flexibility index (Phi) is 4.57. The van der Waals surface area contributed by atoms with Crippen molar-refractivity contribution in [2.45, 2.75) is 13.3 Å². The van der Waals surface area contributed by atoms with E-state index in [1.165, 1.54) is 0 Å². The number of pyridine rings is 1. The molecule has 5 nitrogen and oxygen atoms in total. The second-order valence-electron chi connectivity index (χ2n) is 5.40. The third kappa shape index (κ3) is 4.10. The number of hydrogen-bond donors (Lipinski definition) is 1. The molecule has 0 saturated carbocycles. The molecular formula is C18H19N3O2. The van der Waals surface area contributed by atoms with Gasteiger partial charge in [-0.3, -0.25) is 4.79 Å². The highest BCUT2D eigenvalue weighted by Gasteiger charge is 2.04. The van der Waals surface area contributed by atoms with E-state index in [2.05, 4.69) is 10.3 Å². The van der Waals surface area contributed by atoms with Crippen molar-refractivity contribution in [2.24, 2.45) is 0 Å². The van der Waals surface area contributed by atoms with Gasteiger partial charge in [-0.1, -0.05) is 23.8 Å². The van der Waals surface area contributed by atoms with Crippen LogP contribution >= 0.6 is 0 Å². The fourth-order valence-corrected chi connectivity index (χ4v) is 2.27. The molecule has 5 heteroatoms. The average Bonchev–Trinajstić information content (AvgIpc) is 2.97. The zero-order valence-electron chi connectivity index (χ0n) is 13.0. The predicted molar refractivity (Wildman–Crippen MR) is 88.6 cm³/mol. The summed E-state index contributed by atoms with van der Waals surface area (Å²) in [6.07, 6.45) is 4.63. The summed E-state index contributed by atoms with van der Waals surface area (Å²) in [7, 11) is 0. The van der Waals surface area contributed by atoms with Gasteiger partial charge >= 0.3 is 0 Å². The Balaban J connectivity index is 1.43. The number of carbonyl (C=O) groups excluding carboxylic acids is 1. The van der Waals surface area contributed by atoms with Crippen molar-refractivity contribution >= 4 is 11.6 Å². The molecule has 118 valence electrons. The third-order valence-electron chi connectivity index (χ3n) is 3.51. The maximum atomic E-state index is 11.8. The maximum absolute atomic E-state index is 11.8. The number of aromatic nitrogens is 2. The fraction of sp³-hybridized carbons (Fsp3) is 0.222. The Morgan fingerprint density at radius 2 is 2.04 bits per heavy atom. The number of benzene rings is 1. The molecular weight excluding hydrogens is 290 g/mol. The van der Waals surface area contributed by atoms with E-state index < -0.39 is 0 Å². The molecule has 1 aromatic carbocycles. The Hall–Kier alpha value is -2.82. The Morgan fingerprint density at radius 3 is 2.83 bits per heavy atom. The number of amides is 1. The van der Waals surface area contributed by atoms with Crippen LogP contribution in [0.3, 0.4) is 0 Å². The van der Waals surface area contributed by atoms with Crippen molar-refractivity contribution in [3.05, 3.63) is 66.1 Å². The van der Waals surface area contributed by atoms with Gasteiger partial charge in [0.15, 0.2) is 6.61 Å². The summed E-state index contributed by atoms with van der Waals surface area (Å²) in [6, 6.07) is 13.5. The van der Waals surface area contributed by atoms with Crippen LogP contribution in [-0.4, -0.2) is 28.4 Å². The van der Waals surface area contributed by atoms with E-state index in [4.69, 9.17) is 4.74 Å². The Morgan fingerprint density at radius 1 is 1.22 bits per heavy atom. The van der Waals surface area contributed by atoms with Crippen molar-refractivity contribution in [3.8, 4) is 5.75 Å². The summed E-state index contributed by atoms with van der Waals surface area (Å²) in [6.45, 7) is 2.57. The second-order valence-corrected chi connectivity index (χ2v) is 5.40. The van der Waals surface area contributed by atoms with Crippen LogP contribution in [0, 0.1) is 6.92 Å². The quantitative estimate of drug-likeness (QED) is 0.760. The van der Waals surface area contributed by atoms with Gasteiger partial charge < -0.3 is 14.5 Å². The van der Waals surface area contributed by atoms with Crippen molar-refractivity contribution in [2.75, 3.05) is 13.2 Å². The summed E-state index contributed by atoms with van der Waals surface area (Å²) in [5, 5.41) is 2.84. The van der Waals surface area contributed by atoms with E-state index in [0.717, 1.165) is 16.9 Å². The molecule has 0 saturated heterocycles. The predicted octanol–water partition coefficient (Wildman–Crippen LogP) is 2.38. The summed E-state index contributed by atoms with van der Waals surface area (Å²) < 4.78 is 7.41. The molecule has 0 aliphatic rings. The van der Waals surface area contributed by atoms with E-state index in [1.807, 2.05) is 66.2 Å². The Labute approximate surface area is 134 Å². The van der Waals surface area contributed by atoms with Gasteiger partial charge in [-0.25, -0.2) is 4.98 Å². The van der Waals surface area contributed by atoms with Gasteiger partial charge in [0, 0.05) is 25.4 Å². The number of nitrogens with zero attached hydrogens (tertiary/aromatic N) is 2. The molecule has 0 spiro atoms. The molecule has 0 bridgehead atoms. The van der Waals surface area contributed by atoms with E-state index in [-0.39, 0.29) is 12.5 Å². The number of imidazole rings is 1. The number of carbonyl (C=O) groups is 1. The summed E-state index contributed by atoms with van der Waals surface area (Å²) in [4.78, 5) is 16.3. The zero-order chi connectivity index (χ0) is 16.1. The van der Waals surface area contributed by atoms with Crippen LogP contribution < -0.4 is 10.1 Å². The third-order valence-corrected chi connectivity index (χ3v) is 3.51. The fourth-order valence-electron chi connectivity index (χ4n) is 2.27. The molecule has 1 N–H and O–H groups in total. The first kappa shape index (κ1) is 15.1. The lowest BCUT2D eigenvalue weighted by molar-refractivity contribution is -0.123. The normalized spacial score (nSPS) is 10.7. The van der Waals surface area contributed by atoms with Crippen LogP contribution in [0.15, 0.2) is 54.9 Å². The van der Waals surface area contributed by atoms with Gasteiger partial charge in [0.25, 0.3) is 5.91 Å². The van der Waals surface area contributed by atoms with Gasteiger partial charge in [0.1, 0.15) is 11.4 Å². The number of aryl methyl sites for hydroxylation is 1. The number of rotatable bonds is 6. The van der Waals surface area contributed by atoms with Crippen molar-refractivity contribution < 1.29 is 9.53 Å². The first-order valence-corrected chi connectivity index (χ1v) is 7.59. The molecule has 0 aliphatic carbocycles. The molecule has 2 heterocycles. The molecule has 0 fully saturated rings. The van der Waals surface area contributed by atoms with Crippen LogP contribution in [0.5, 0.6) is 5.75 Å². The van der Waals surface area contributed by atoms with Gasteiger partial charge in [-0.05, 0) is 31.2 Å². The molecule has 2 aromatic heterocycles. The lowest BCUT2D eigenvalue weighted by Gasteiger charge is -2.07. The second kappa shape index (κ2) is 6.96. The zero-order valence-corrected chi connectivity index (χ0v) is 13.0. The van der Waals surface area contributed by atoms with E-state index >= 15 is 0 Å². The maximum Gasteiger partial charge on any atom is 0.257 e. The highest BCUT2D eigenvalue weighted by atomic mass is 16.5. The first-order valence-electron chi connectivity index (χ1n) is 7.59. The molecule has 1 amide bonds. The summed E-state index contributed by atoms with van der Waals surface area (Å²) in [5.41, 5.74) is 3.03. The SMILES string of the molecule is Cc1ccc(OCC(=O)NCCc2cn3ccccc3n2)cc1. The van der Waals surface area contributed by atoms with Gasteiger partial charge in [0.2, 0.25) is 0 Å². The highest BCUT2D eigenvalue weighted by molar-refractivity contribution is 5.77. The van der Waals surface area contributed by atoms with Gasteiger partial charge in [0.05, 0.1) is 5.69 Å². The Bertz CT molecular complexity index is 760. The van der Waals surface area contributed by atoms with Crippen LogP contribution in [0.4, 0.5) is 0 Å². The van der Waals surface area contributed by atoms with E-state index in [1.54, 1.807) is 0 Å². The van der Waals surface area contributed by atoms with Crippen LogP contribution in [0.2, 0.25) is 0 Å². The van der Waals surface area contributed by atoms with Crippen molar-refractivity contribution in [1.82, 2.24) is 14.7 Å². The van der Waals surface area contributed by atoms with Crippen LogP contribution in [-0.2, 0) is 11.2 Å². The van der Waals surface area contributed by atoms with E-state index in [0.29, 0.717) is 18.7 Å². The molecule has 0 atom stereocenters.